The molecule has 2 rings (SSSR count). The summed E-state index contributed by atoms with van der Waals surface area (Å²) in [6.45, 7) is 21.2. The standard InChI is InChI=1S/C29H42Si/c1-22(2)30(23(3)4,24(5)6)21-20-27-14-12-25(13-15-27)10-11-26-16-18-28(19-17-26)29(7,8)9/h12-16,22-24,28H,17-19H2,1-9H3. The molecule has 1 unspecified atom stereocenters. The largest absolute Gasteiger partial charge is 0.146 e. The van der Waals surface area contributed by atoms with Gasteiger partial charge in [-0.25, -0.2) is 0 Å². The molecule has 0 saturated carbocycles. The van der Waals surface area contributed by atoms with Crippen molar-refractivity contribution < 1.29 is 0 Å². The first-order valence-corrected chi connectivity index (χ1v) is 14.0. The molecular formula is C29H42Si. The molecule has 1 heteroatoms. The zero-order chi connectivity index (χ0) is 22.5. The third kappa shape index (κ3) is 5.92. The lowest BCUT2D eigenvalue weighted by Crippen LogP contribution is -2.43. The second-order valence-corrected chi connectivity index (χ2v) is 16.6. The topological polar surface area (TPSA) is 0 Å². The lowest BCUT2D eigenvalue weighted by molar-refractivity contribution is 0.222. The van der Waals surface area contributed by atoms with E-state index in [1.54, 1.807) is 0 Å². The average molecular weight is 419 g/mol. The molecule has 1 aliphatic rings. The van der Waals surface area contributed by atoms with Crippen LogP contribution in [0.5, 0.6) is 0 Å². The van der Waals surface area contributed by atoms with Crippen LogP contribution in [-0.4, -0.2) is 8.07 Å². The maximum Gasteiger partial charge on any atom is 0.146 e. The molecule has 1 aromatic rings. The third-order valence-corrected chi connectivity index (χ3v) is 13.5. The van der Waals surface area contributed by atoms with Gasteiger partial charge < -0.3 is 0 Å². The molecule has 0 N–H and O–H groups in total. The molecule has 0 bridgehead atoms. The number of hydrogen-bond donors (Lipinski definition) is 0. The summed E-state index contributed by atoms with van der Waals surface area (Å²) in [7, 11) is -1.68. The summed E-state index contributed by atoms with van der Waals surface area (Å²) in [5, 5.41) is 0. The van der Waals surface area contributed by atoms with E-state index in [9.17, 15) is 0 Å². The Kier molecular flexibility index (Phi) is 8.25. The minimum atomic E-state index is -1.68. The van der Waals surface area contributed by atoms with Gasteiger partial charge in [-0.3, -0.25) is 0 Å². The van der Waals surface area contributed by atoms with Crippen molar-refractivity contribution >= 4 is 8.07 Å². The summed E-state index contributed by atoms with van der Waals surface area (Å²) in [4.78, 5) is 0. The number of hydrogen-bond acceptors (Lipinski definition) is 0. The van der Waals surface area contributed by atoms with Gasteiger partial charge in [0.2, 0.25) is 0 Å². The summed E-state index contributed by atoms with van der Waals surface area (Å²) in [6.07, 6.45) is 5.89. The third-order valence-electron chi connectivity index (χ3n) is 7.18. The van der Waals surface area contributed by atoms with Crippen molar-refractivity contribution in [1.29, 1.82) is 0 Å². The second-order valence-electron chi connectivity index (χ2n) is 11.0. The van der Waals surface area contributed by atoms with E-state index >= 15 is 0 Å². The molecule has 0 radical (unpaired) electrons. The van der Waals surface area contributed by atoms with Crippen molar-refractivity contribution in [2.24, 2.45) is 11.3 Å². The Balaban J connectivity index is 2.14. The minimum Gasteiger partial charge on any atom is -0.125 e. The number of benzene rings is 1. The van der Waals surface area contributed by atoms with E-state index in [-0.39, 0.29) is 0 Å². The number of rotatable bonds is 3. The van der Waals surface area contributed by atoms with Gasteiger partial charge in [0.1, 0.15) is 8.07 Å². The van der Waals surface area contributed by atoms with Crippen LogP contribution in [0.4, 0.5) is 0 Å². The fraction of sp³-hybridized carbons (Fsp3) is 0.586. The SMILES string of the molecule is CC(C)[Si](C#Cc1ccc(C#CC2=CCC(C(C)(C)C)CC2)cc1)(C(C)C)C(C)C. The smallest absolute Gasteiger partial charge is 0.125 e. The van der Waals surface area contributed by atoms with Crippen LogP contribution < -0.4 is 0 Å². The van der Waals surface area contributed by atoms with Crippen molar-refractivity contribution in [1.82, 2.24) is 0 Å². The molecule has 30 heavy (non-hydrogen) atoms. The van der Waals surface area contributed by atoms with Crippen LogP contribution in [0.3, 0.4) is 0 Å². The van der Waals surface area contributed by atoms with E-state index in [1.807, 2.05) is 0 Å². The number of allylic oxidation sites excluding steroid dienone is 2. The fourth-order valence-electron chi connectivity index (χ4n) is 5.14. The highest BCUT2D eigenvalue weighted by molar-refractivity contribution is 6.90. The van der Waals surface area contributed by atoms with Gasteiger partial charge in [-0.1, -0.05) is 86.2 Å². The van der Waals surface area contributed by atoms with Crippen LogP contribution in [0, 0.1) is 34.6 Å². The lowest BCUT2D eigenvalue weighted by atomic mass is 9.73. The highest BCUT2D eigenvalue weighted by atomic mass is 28.3. The molecule has 0 aliphatic heterocycles. The Bertz CT molecular complexity index is 830. The highest BCUT2D eigenvalue weighted by Gasteiger charge is 2.41. The van der Waals surface area contributed by atoms with E-state index in [2.05, 4.69) is 116 Å². The molecule has 1 atom stereocenters. The van der Waals surface area contributed by atoms with E-state index in [0.29, 0.717) is 22.0 Å². The van der Waals surface area contributed by atoms with Gasteiger partial charge in [-0.15, -0.1) is 5.54 Å². The summed E-state index contributed by atoms with van der Waals surface area (Å²) < 4.78 is 0. The van der Waals surface area contributed by atoms with E-state index in [0.717, 1.165) is 29.9 Å². The van der Waals surface area contributed by atoms with E-state index in [1.165, 1.54) is 12.0 Å². The van der Waals surface area contributed by atoms with Crippen molar-refractivity contribution in [2.75, 3.05) is 0 Å². The molecule has 0 saturated heterocycles. The normalized spacial score (nSPS) is 17.3. The Morgan fingerprint density at radius 1 is 0.800 bits per heavy atom. The van der Waals surface area contributed by atoms with Crippen molar-refractivity contribution in [3.63, 3.8) is 0 Å². The first-order chi connectivity index (χ1) is 14.0. The van der Waals surface area contributed by atoms with Crippen molar-refractivity contribution in [2.45, 2.75) is 98.2 Å². The summed E-state index contributed by atoms with van der Waals surface area (Å²) in [5.41, 5.74) is 9.70. The van der Waals surface area contributed by atoms with Crippen LogP contribution in [-0.2, 0) is 0 Å². The zero-order valence-electron chi connectivity index (χ0n) is 20.8. The molecule has 0 fully saturated rings. The van der Waals surface area contributed by atoms with Gasteiger partial charge in [0.15, 0.2) is 0 Å². The van der Waals surface area contributed by atoms with E-state index < -0.39 is 8.07 Å². The molecule has 0 spiro atoms. The summed E-state index contributed by atoms with van der Waals surface area (Å²) >= 11 is 0. The predicted molar refractivity (Wildman–Crippen MR) is 136 cm³/mol. The van der Waals surface area contributed by atoms with Crippen LogP contribution in [0.1, 0.15) is 92.7 Å². The molecule has 1 aromatic carbocycles. The molecule has 0 heterocycles. The average Bonchev–Trinajstić information content (AvgIpc) is 2.66. The fourth-order valence-corrected chi connectivity index (χ4v) is 10.4. The maximum atomic E-state index is 3.81. The van der Waals surface area contributed by atoms with Crippen molar-refractivity contribution in [3.05, 3.63) is 47.0 Å². The van der Waals surface area contributed by atoms with Gasteiger partial charge in [-0.2, -0.15) is 0 Å². The van der Waals surface area contributed by atoms with E-state index in [4.69, 9.17) is 0 Å². The quantitative estimate of drug-likeness (QED) is 0.341. The lowest BCUT2D eigenvalue weighted by Gasteiger charge is -2.38. The Morgan fingerprint density at radius 2 is 1.30 bits per heavy atom. The maximum absolute atomic E-state index is 3.81. The van der Waals surface area contributed by atoms with Gasteiger partial charge >= 0.3 is 0 Å². The van der Waals surface area contributed by atoms with Crippen LogP contribution in [0.15, 0.2) is 35.9 Å². The van der Waals surface area contributed by atoms with Gasteiger partial charge in [-0.05, 0) is 77.1 Å². The monoisotopic (exact) mass is 418 g/mol. The molecule has 0 aromatic heterocycles. The van der Waals surface area contributed by atoms with Gasteiger partial charge in [0, 0.05) is 11.1 Å². The van der Waals surface area contributed by atoms with Crippen LogP contribution in [0.2, 0.25) is 16.6 Å². The van der Waals surface area contributed by atoms with Crippen molar-refractivity contribution in [3.8, 4) is 23.3 Å². The molecule has 0 nitrogen and oxygen atoms in total. The molecule has 1 aliphatic carbocycles. The minimum absolute atomic E-state index is 0.396. The first-order valence-electron chi connectivity index (χ1n) is 11.8. The Morgan fingerprint density at radius 3 is 1.70 bits per heavy atom. The zero-order valence-corrected chi connectivity index (χ0v) is 21.8. The first kappa shape index (κ1) is 24.6. The predicted octanol–water partition coefficient (Wildman–Crippen LogP) is 8.38. The van der Waals surface area contributed by atoms with Gasteiger partial charge in [0.05, 0.1) is 0 Å². The molecule has 0 amide bonds. The highest BCUT2D eigenvalue weighted by Crippen LogP contribution is 2.41. The second kappa shape index (κ2) is 10.1. The Hall–Kier alpha value is -1.70. The Labute approximate surface area is 188 Å². The summed E-state index contributed by atoms with van der Waals surface area (Å²) in [6, 6.07) is 8.54. The van der Waals surface area contributed by atoms with Crippen LogP contribution >= 0.6 is 0 Å². The van der Waals surface area contributed by atoms with Gasteiger partial charge in [0.25, 0.3) is 0 Å². The van der Waals surface area contributed by atoms with Crippen LogP contribution in [0.25, 0.3) is 0 Å². The summed E-state index contributed by atoms with van der Waals surface area (Å²) in [5.74, 6) is 11.1. The molecular weight excluding hydrogens is 376 g/mol. The molecule has 162 valence electrons.